The van der Waals surface area contributed by atoms with Gasteiger partial charge in [0.15, 0.2) is 5.78 Å². The molecule has 0 unspecified atom stereocenters. The molecule has 1 heterocycles. The first-order valence-electron chi connectivity index (χ1n) is 6.53. The van der Waals surface area contributed by atoms with Gasteiger partial charge in [-0.1, -0.05) is 23.7 Å². The zero-order valence-corrected chi connectivity index (χ0v) is 12.1. The molecule has 0 radical (unpaired) electrons. The summed E-state index contributed by atoms with van der Waals surface area (Å²) < 4.78 is 0. The molecule has 0 atom stereocenters. The molecular formula is C16H13ClN2O2. The number of nitrogens with zero attached hydrogens (tertiary/aromatic N) is 1. The van der Waals surface area contributed by atoms with Crippen LogP contribution >= 0.6 is 11.6 Å². The van der Waals surface area contributed by atoms with E-state index in [1.807, 2.05) is 29.2 Å². The summed E-state index contributed by atoms with van der Waals surface area (Å²) in [6.45, 7) is 1.69. The van der Waals surface area contributed by atoms with Gasteiger partial charge in [-0.2, -0.15) is 0 Å². The second-order valence-corrected chi connectivity index (χ2v) is 5.28. The number of rotatable bonds is 2. The summed E-state index contributed by atoms with van der Waals surface area (Å²) in [6.07, 6.45) is 0. The van der Waals surface area contributed by atoms with E-state index in [0.717, 1.165) is 17.1 Å². The van der Waals surface area contributed by atoms with E-state index in [1.165, 1.54) is 6.92 Å². The van der Waals surface area contributed by atoms with Gasteiger partial charge in [0.05, 0.1) is 16.4 Å². The highest BCUT2D eigenvalue weighted by Gasteiger charge is 2.23. The molecule has 0 fully saturated rings. The van der Waals surface area contributed by atoms with Gasteiger partial charge in [-0.05, 0) is 37.3 Å². The van der Waals surface area contributed by atoms with E-state index >= 15 is 0 Å². The van der Waals surface area contributed by atoms with Crippen molar-refractivity contribution in [1.82, 2.24) is 0 Å². The van der Waals surface area contributed by atoms with Gasteiger partial charge in [0.1, 0.15) is 6.54 Å². The number of hydrogen-bond acceptors (Lipinski definition) is 3. The number of para-hydroxylation sites is 2. The standard InChI is InChI=1S/C16H13ClN2O2/c1-10(20)12-7-6-11(8-13(12)17)19-9-16(21)18-14-4-2-3-5-15(14)19/h2-8H,9H2,1H3,(H,18,21). The fourth-order valence-electron chi connectivity index (χ4n) is 2.42. The molecule has 1 aliphatic rings. The Kier molecular flexibility index (Phi) is 3.39. The number of anilines is 3. The Morgan fingerprint density at radius 3 is 2.71 bits per heavy atom. The van der Waals surface area contributed by atoms with Crippen LogP contribution in [0, 0.1) is 0 Å². The first-order chi connectivity index (χ1) is 10.1. The molecule has 3 rings (SSSR count). The minimum atomic E-state index is -0.0829. The van der Waals surface area contributed by atoms with Gasteiger partial charge in [0, 0.05) is 11.3 Å². The summed E-state index contributed by atoms with van der Waals surface area (Å²) in [4.78, 5) is 25.2. The normalized spacial score (nSPS) is 13.6. The van der Waals surface area contributed by atoms with Crippen molar-refractivity contribution in [3.05, 3.63) is 53.1 Å². The van der Waals surface area contributed by atoms with Crippen LogP contribution in [-0.2, 0) is 4.79 Å². The Bertz CT molecular complexity index is 743. The number of amides is 1. The number of carbonyl (C=O) groups excluding carboxylic acids is 2. The molecule has 2 aromatic rings. The molecule has 5 heteroatoms. The molecule has 1 aliphatic heterocycles. The van der Waals surface area contributed by atoms with Crippen molar-refractivity contribution in [2.24, 2.45) is 0 Å². The SMILES string of the molecule is CC(=O)c1ccc(N2CC(=O)Nc3ccccc32)cc1Cl. The molecule has 0 bridgehead atoms. The van der Waals surface area contributed by atoms with Crippen LogP contribution in [0.5, 0.6) is 0 Å². The maximum atomic E-state index is 11.8. The molecule has 1 amide bonds. The third-order valence-corrected chi connectivity index (χ3v) is 3.73. The van der Waals surface area contributed by atoms with E-state index in [0.29, 0.717) is 10.6 Å². The number of carbonyl (C=O) groups is 2. The summed E-state index contributed by atoms with van der Waals surface area (Å²) in [5, 5.41) is 3.23. The van der Waals surface area contributed by atoms with Gasteiger partial charge in [0.2, 0.25) is 5.91 Å². The fourth-order valence-corrected chi connectivity index (χ4v) is 2.73. The van der Waals surface area contributed by atoms with Gasteiger partial charge in [0.25, 0.3) is 0 Å². The van der Waals surface area contributed by atoms with Crippen molar-refractivity contribution in [1.29, 1.82) is 0 Å². The molecule has 2 aromatic carbocycles. The average Bonchev–Trinajstić information content (AvgIpc) is 2.45. The highest BCUT2D eigenvalue weighted by molar-refractivity contribution is 6.34. The lowest BCUT2D eigenvalue weighted by Gasteiger charge is -2.31. The molecule has 0 spiro atoms. The lowest BCUT2D eigenvalue weighted by atomic mass is 10.1. The van der Waals surface area contributed by atoms with Crippen LogP contribution in [0.15, 0.2) is 42.5 Å². The van der Waals surface area contributed by atoms with Gasteiger partial charge < -0.3 is 10.2 Å². The largest absolute Gasteiger partial charge is 0.330 e. The Morgan fingerprint density at radius 1 is 1.24 bits per heavy atom. The number of halogens is 1. The molecule has 106 valence electrons. The van der Waals surface area contributed by atoms with Crippen molar-refractivity contribution in [3.8, 4) is 0 Å². The number of Topliss-reactive ketones (excluding diaryl/α,β-unsaturated/α-hetero) is 1. The number of fused-ring (bicyclic) bond motifs is 1. The summed E-state index contributed by atoms with van der Waals surface area (Å²) in [6, 6.07) is 12.8. The van der Waals surface area contributed by atoms with Gasteiger partial charge >= 0.3 is 0 Å². The van der Waals surface area contributed by atoms with E-state index in [2.05, 4.69) is 5.32 Å². The second-order valence-electron chi connectivity index (χ2n) is 4.87. The Balaban J connectivity index is 2.07. The summed E-state index contributed by atoms with van der Waals surface area (Å²) in [5.74, 6) is -0.163. The first kappa shape index (κ1) is 13.6. The van der Waals surface area contributed by atoms with Gasteiger partial charge in [-0.15, -0.1) is 0 Å². The lowest BCUT2D eigenvalue weighted by Crippen LogP contribution is -2.34. The van der Waals surface area contributed by atoms with Gasteiger partial charge in [-0.25, -0.2) is 0 Å². The van der Waals surface area contributed by atoms with E-state index < -0.39 is 0 Å². The third kappa shape index (κ3) is 2.50. The van der Waals surface area contributed by atoms with Crippen molar-refractivity contribution in [3.63, 3.8) is 0 Å². The minimum Gasteiger partial charge on any atom is -0.330 e. The van der Waals surface area contributed by atoms with Crippen molar-refractivity contribution in [2.75, 3.05) is 16.8 Å². The fraction of sp³-hybridized carbons (Fsp3) is 0.125. The zero-order chi connectivity index (χ0) is 15.0. The van der Waals surface area contributed by atoms with Crippen LogP contribution in [0.1, 0.15) is 17.3 Å². The smallest absolute Gasteiger partial charge is 0.244 e. The second kappa shape index (κ2) is 5.22. The Morgan fingerprint density at radius 2 is 2.00 bits per heavy atom. The zero-order valence-electron chi connectivity index (χ0n) is 11.4. The number of ketones is 1. The predicted octanol–water partition coefficient (Wildman–Crippen LogP) is 3.63. The summed E-state index contributed by atoms with van der Waals surface area (Å²) >= 11 is 6.16. The van der Waals surface area contributed by atoms with Crippen LogP contribution in [0.3, 0.4) is 0 Å². The minimum absolute atomic E-state index is 0.0802. The van der Waals surface area contributed by atoms with E-state index in [9.17, 15) is 9.59 Å². The number of benzene rings is 2. The molecule has 0 aromatic heterocycles. The molecular weight excluding hydrogens is 288 g/mol. The van der Waals surface area contributed by atoms with Crippen LogP contribution in [0.4, 0.5) is 17.1 Å². The van der Waals surface area contributed by atoms with E-state index in [-0.39, 0.29) is 18.2 Å². The Labute approximate surface area is 127 Å². The summed E-state index contributed by atoms with van der Waals surface area (Å²) in [5.41, 5.74) is 2.94. The maximum Gasteiger partial charge on any atom is 0.244 e. The molecule has 1 N–H and O–H groups in total. The van der Waals surface area contributed by atoms with Crippen molar-refractivity contribution in [2.45, 2.75) is 6.92 Å². The highest BCUT2D eigenvalue weighted by atomic mass is 35.5. The van der Waals surface area contributed by atoms with E-state index in [1.54, 1.807) is 18.2 Å². The van der Waals surface area contributed by atoms with Crippen LogP contribution < -0.4 is 10.2 Å². The first-order valence-corrected chi connectivity index (χ1v) is 6.91. The Hall–Kier alpha value is -2.33. The third-order valence-electron chi connectivity index (χ3n) is 3.41. The molecule has 4 nitrogen and oxygen atoms in total. The molecule has 0 saturated heterocycles. The summed E-state index contributed by atoms with van der Waals surface area (Å²) in [7, 11) is 0. The lowest BCUT2D eigenvalue weighted by molar-refractivity contribution is -0.115. The monoisotopic (exact) mass is 300 g/mol. The predicted molar refractivity (Wildman–Crippen MR) is 83.5 cm³/mol. The number of hydrogen-bond donors (Lipinski definition) is 1. The highest BCUT2D eigenvalue weighted by Crippen LogP contribution is 2.36. The number of nitrogens with one attached hydrogen (secondary N) is 1. The van der Waals surface area contributed by atoms with Gasteiger partial charge in [-0.3, -0.25) is 9.59 Å². The molecule has 0 aliphatic carbocycles. The molecule has 21 heavy (non-hydrogen) atoms. The van der Waals surface area contributed by atoms with Crippen LogP contribution in [0.25, 0.3) is 0 Å². The quantitative estimate of drug-likeness (QED) is 0.862. The van der Waals surface area contributed by atoms with Crippen LogP contribution in [0.2, 0.25) is 5.02 Å². The molecule has 0 saturated carbocycles. The topological polar surface area (TPSA) is 49.4 Å². The van der Waals surface area contributed by atoms with Crippen molar-refractivity contribution >= 4 is 40.4 Å². The van der Waals surface area contributed by atoms with E-state index in [4.69, 9.17) is 11.6 Å². The van der Waals surface area contributed by atoms with Crippen molar-refractivity contribution < 1.29 is 9.59 Å². The van der Waals surface area contributed by atoms with Crippen LogP contribution in [-0.4, -0.2) is 18.2 Å². The average molecular weight is 301 g/mol. The maximum absolute atomic E-state index is 11.8.